The van der Waals surface area contributed by atoms with E-state index in [1.807, 2.05) is 37.3 Å². The van der Waals surface area contributed by atoms with Gasteiger partial charge in [0.05, 0.1) is 4.90 Å². The van der Waals surface area contributed by atoms with E-state index in [4.69, 9.17) is 5.73 Å². The van der Waals surface area contributed by atoms with Gasteiger partial charge in [0.15, 0.2) is 0 Å². The highest BCUT2D eigenvalue weighted by Gasteiger charge is 2.19. The minimum Gasteiger partial charge on any atom is -0.399 e. The van der Waals surface area contributed by atoms with Crippen molar-refractivity contribution in [3.8, 4) is 11.1 Å². The highest BCUT2D eigenvalue weighted by atomic mass is 32.2. The van der Waals surface area contributed by atoms with Crippen LogP contribution < -0.4 is 10.5 Å². The fourth-order valence-corrected chi connectivity index (χ4v) is 3.37. The second-order valence-corrected chi connectivity index (χ2v) is 6.61. The summed E-state index contributed by atoms with van der Waals surface area (Å²) in [5.41, 5.74) is 7.82. The van der Waals surface area contributed by atoms with Crippen molar-refractivity contribution in [1.29, 1.82) is 0 Å². The Morgan fingerprint density at radius 3 is 2.48 bits per heavy atom. The number of sulfonamides is 1. The fourth-order valence-electron chi connectivity index (χ4n) is 2.09. The van der Waals surface area contributed by atoms with Crippen LogP contribution in [0.25, 0.3) is 11.1 Å². The SMILES string of the molecule is CCCCNS(=O)(=O)c1ccc(N)cc1-c1ccccc1. The van der Waals surface area contributed by atoms with Crippen LogP contribution in [0.3, 0.4) is 0 Å². The van der Waals surface area contributed by atoms with E-state index in [1.54, 1.807) is 18.2 Å². The van der Waals surface area contributed by atoms with Gasteiger partial charge >= 0.3 is 0 Å². The number of hydrogen-bond acceptors (Lipinski definition) is 3. The number of hydrogen-bond donors (Lipinski definition) is 2. The monoisotopic (exact) mass is 304 g/mol. The summed E-state index contributed by atoms with van der Waals surface area (Å²) in [6.07, 6.45) is 1.75. The largest absolute Gasteiger partial charge is 0.399 e. The summed E-state index contributed by atoms with van der Waals surface area (Å²) in [7, 11) is -3.53. The standard InChI is InChI=1S/C16H20N2O2S/c1-2-3-11-18-21(19,20)16-10-9-14(17)12-15(16)13-7-5-4-6-8-13/h4-10,12,18H,2-3,11,17H2,1H3. The Hall–Kier alpha value is -1.85. The lowest BCUT2D eigenvalue weighted by atomic mass is 10.1. The van der Waals surface area contributed by atoms with E-state index in [9.17, 15) is 8.42 Å². The van der Waals surface area contributed by atoms with E-state index in [0.29, 0.717) is 17.8 Å². The van der Waals surface area contributed by atoms with Gasteiger partial charge in [0, 0.05) is 17.8 Å². The van der Waals surface area contributed by atoms with Crippen LogP contribution in [-0.2, 0) is 10.0 Å². The number of nitrogen functional groups attached to an aromatic ring is 1. The lowest BCUT2D eigenvalue weighted by Gasteiger charge is -2.12. The van der Waals surface area contributed by atoms with Crippen molar-refractivity contribution in [1.82, 2.24) is 4.72 Å². The fraction of sp³-hybridized carbons (Fsp3) is 0.250. The first kappa shape index (κ1) is 15.5. The van der Waals surface area contributed by atoms with E-state index in [-0.39, 0.29) is 4.90 Å². The molecular formula is C16H20N2O2S. The third-order valence-corrected chi connectivity index (χ3v) is 4.72. The van der Waals surface area contributed by atoms with E-state index in [2.05, 4.69) is 4.72 Å². The number of benzene rings is 2. The summed E-state index contributed by atoms with van der Waals surface area (Å²) in [6.45, 7) is 2.46. The zero-order chi connectivity index (χ0) is 15.3. The number of unbranched alkanes of at least 4 members (excludes halogenated alkanes) is 1. The molecule has 0 saturated carbocycles. The molecule has 5 heteroatoms. The molecule has 0 radical (unpaired) electrons. The van der Waals surface area contributed by atoms with Gasteiger partial charge in [-0.25, -0.2) is 13.1 Å². The second kappa shape index (κ2) is 6.74. The summed E-state index contributed by atoms with van der Waals surface area (Å²) >= 11 is 0. The maximum absolute atomic E-state index is 12.5. The Labute approximate surface area is 126 Å². The molecule has 0 heterocycles. The molecule has 2 aromatic rings. The normalized spacial score (nSPS) is 11.5. The highest BCUT2D eigenvalue weighted by molar-refractivity contribution is 7.89. The molecule has 3 N–H and O–H groups in total. The summed E-state index contributed by atoms with van der Waals surface area (Å²) in [4.78, 5) is 0.263. The topological polar surface area (TPSA) is 72.2 Å². The average Bonchev–Trinajstić information content (AvgIpc) is 2.48. The molecule has 0 unspecified atom stereocenters. The van der Waals surface area contributed by atoms with Crippen molar-refractivity contribution in [3.63, 3.8) is 0 Å². The zero-order valence-electron chi connectivity index (χ0n) is 12.0. The van der Waals surface area contributed by atoms with Crippen LogP contribution in [0.15, 0.2) is 53.4 Å². The lowest BCUT2D eigenvalue weighted by Crippen LogP contribution is -2.25. The van der Waals surface area contributed by atoms with Gasteiger partial charge in [-0.3, -0.25) is 0 Å². The van der Waals surface area contributed by atoms with Crippen LogP contribution >= 0.6 is 0 Å². The van der Waals surface area contributed by atoms with E-state index < -0.39 is 10.0 Å². The number of nitrogens with one attached hydrogen (secondary N) is 1. The van der Waals surface area contributed by atoms with Crippen molar-refractivity contribution in [3.05, 3.63) is 48.5 Å². The van der Waals surface area contributed by atoms with Crippen molar-refractivity contribution in [2.75, 3.05) is 12.3 Å². The molecule has 0 saturated heterocycles. The Kier molecular flexibility index (Phi) is 4.98. The van der Waals surface area contributed by atoms with E-state index in [1.165, 1.54) is 0 Å². The molecule has 0 spiro atoms. The van der Waals surface area contributed by atoms with Crippen LogP contribution in [0.2, 0.25) is 0 Å². The highest BCUT2D eigenvalue weighted by Crippen LogP contribution is 2.29. The third kappa shape index (κ3) is 3.83. The third-order valence-electron chi connectivity index (χ3n) is 3.20. The molecule has 2 aromatic carbocycles. The van der Waals surface area contributed by atoms with Crippen molar-refractivity contribution >= 4 is 15.7 Å². The summed E-state index contributed by atoms with van der Waals surface area (Å²) < 4.78 is 27.6. The first-order chi connectivity index (χ1) is 10.0. The number of nitrogens with two attached hydrogens (primary N) is 1. The summed E-state index contributed by atoms with van der Waals surface area (Å²) in [6, 6.07) is 14.3. The molecule has 112 valence electrons. The Balaban J connectivity index is 2.45. The first-order valence-corrected chi connectivity index (χ1v) is 8.47. The zero-order valence-corrected chi connectivity index (χ0v) is 12.9. The molecule has 0 aliphatic heterocycles. The smallest absolute Gasteiger partial charge is 0.241 e. The van der Waals surface area contributed by atoms with Gasteiger partial charge in [0.2, 0.25) is 10.0 Å². The Morgan fingerprint density at radius 1 is 1.10 bits per heavy atom. The van der Waals surface area contributed by atoms with Gasteiger partial charge in [0.25, 0.3) is 0 Å². The molecule has 0 aliphatic rings. The molecule has 0 bridgehead atoms. The van der Waals surface area contributed by atoms with Gasteiger partial charge in [-0.15, -0.1) is 0 Å². The lowest BCUT2D eigenvalue weighted by molar-refractivity contribution is 0.578. The maximum Gasteiger partial charge on any atom is 0.241 e. The van der Waals surface area contributed by atoms with Crippen LogP contribution in [0.5, 0.6) is 0 Å². The Bertz CT molecular complexity index is 697. The predicted molar refractivity (Wildman–Crippen MR) is 86.4 cm³/mol. The summed E-state index contributed by atoms with van der Waals surface area (Å²) in [5, 5.41) is 0. The van der Waals surface area contributed by atoms with Crippen molar-refractivity contribution in [2.45, 2.75) is 24.7 Å². The first-order valence-electron chi connectivity index (χ1n) is 6.99. The van der Waals surface area contributed by atoms with Gasteiger partial charge in [-0.2, -0.15) is 0 Å². The van der Waals surface area contributed by atoms with Crippen molar-refractivity contribution in [2.24, 2.45) is 0 Å². The molecular weight excluding hydrogens is 284 g/mol. The molecule has 0 atom stereocenters. The minimum absolute atomic E-state index is 0.263. The molecule has 0 fully saturated rings. The van der Waals surface area contributed by atoms with Crippen LogP contribution in [0, 0.1) is 0 Å². The van der Waals surface area contributed by atoms with Gasteiger partial charge in [0.1, 0.15) is 0 Å². The Morgan fingerprint density at radius 2 is 1.81 bits per heavy atom. The molecule has 0 amide bonds. The molecule has 21 heavy (non-hydrogen) atoms. The van der Waals surface area contributed by atoms with Crippen LogP contribution in [0.1, 0.15) is 19.8 Å². The number of rotatable bonds is 6. The quantitative estimate of drug-likeness (QED) is 0.636. The van der Waals surface area contributed by atoms with E-state index in [0.717, 1.165) is 18.4 Å². The molecule has 2 rings (SSSR count). The van der Waals surface area contributed by atoms with Crippen LogP contribution in [-0.4, -0.2) is 15.0 Å². The maximum atomic E-state index is 12.5. The molecule has 0 aromatic heterocycles. The second-order valence-electron chi connectivity index (χ2n) is 4.87. The van der Waals surface area contributed by atoms with Crippen LogP contribution in [0.4, 0.5) is 5.69 Å². The summed E-state index contributed by atoms with van der Waals surface area (Å²) in [5.74, 6) is 0. The average molecular weight is 304 g/mol. The van der Waals surface area contributed by atoms with E-state index >= 15 is 0 Å². The number of anilines is 1. The van der Waals surface area contributed by atoms with Crippen molar-refractivity contribution < 1.29 is 8.42 Å². The predicted octanol–water partition coefficient (Wildman–Crippen LogP) is 3.01. The van der Waals surface area contributed by atoms with Gasteiger partial charge in [-0.05, 0) is 30.2 Å². The molecule has 4 nitrogen and oxygen atoms in total. The minimum atomic E-state index is -3.53. The van der Waals surface area contributed by atoms with Gasteiger partial charge in [-0.1, -0.05) is 43.7 Å². The molecule has 0 aliphatic carbocycles. The van der Waals surface area contributed by atoms with Gasteiger partial charge < -0.3 is 5.73 Å².